The van der Waals surface area contributed by atoms with Gasteiger partial charge >= 0.3 is 82.2 Å². The molecule has 0 rings (SSSR count). The normalized spacial score (nSPS) is 8.71. The van der Waals surface area contributed by atoms with E-state index in [9.17, 15) is 9.59 Å². The summed E-state index contributed by atoms with van der Waals surface area (Å²) < 4.78 is 0. The molecule has 6 heteroatoms. The van der Waals surface area contributed by atoms with Crippen molar-refractivity contribution in [2.45, 2.75) is 32.6 Å². The van der Waals surface area contributed by atoms with Gasteiger partial charge in [0.15, 0.2) is 5.92 Å². The van der Waals surface area contributed by atoms with Gasteiger partial charge < -0.3 is 13.1 Å². The molecule has 0 aromatic heterocycles. The van der Waals surface area contributed by atoms with Gasteiger partial charge in [0.2, 0.25) is 0 Å². The fourth-order valence-electron chi connectivity index (χ4n) is 0.951. The summed E-state index contributed by atoms with van der Waals surface area (Å²) in [4.78, 5) is 20.7. The van der Waals surface area contributed by atoms with Crippen molar-refractivity contribution >= 4 is 11.9 Å². The van der Waals surface area contributed by atoms with Gasteiger partial charge in [0.05, 0.1) is 0 Å². The van der Waals surface area contributed by atoms with Gasteiger partial charge in [0.1, 0.15) is 0 Å². The molecule has 0 aliphatic carbocycles. The standard InChI is InChI=1S/C8H14O4.K.Li.2H/c1-2-3-4-5-6(7(9)10)8(11)12;;;;/h6H,2-5H2,1H3,(H,9,10)(H,11,12);;;;/q;2*+1;2*-1. The van der Waals surface area contributed by atoms with Crippen LogP contribution in [0.15, 0.2) is 0 Å². The first kappa shape index (κ1) is 20.6. The number of rotatable bonds is 6. The van der Waals surface area contributed by atoms with Crippen LogP contribution in [0.5, 0.6) is 0 Å². The first-order valence-electron chi connectivity index (χ1n) is 4.05. The minimum absolute atomic E-state index is 0. The van der Waals surface area contributed by atoms with E-state index in [1.165, 1.54) is 0 Å². The number of aliphatic carboxylic acids is 2. The number of carboxylic acid groups (broad SMARTS) is 2. The molecule has 0 aliphatic heterocycles. The molecule has 4 nitrogen and oxygen atoms in total. The van der Waals surface area contributed by atoms with Crippen LogP contribution in [0.3, 0.4) is 0 Å². The van der Waals surface area contributed by atoms with E-state index in [-0.39, 0.29) is 79.5 Å². The van der Waals surface area contributed by atoms with Crippen molar-refractivity contribution in [3.8, 4) is 0 Å². The quantitative estimate of drug-likeness (QED) is 0.270. The number of unbranched alkanes of at least 4 members (excludes halogenated alkanes) is 2. The van der Waals surface area contributed by atoms with E-state index in [1.54, 1.807) is 0 Å². The Morgan fingerprint density at radius 1 is 1.21 bits per heavy atom. The molecule has 0 atom stereocenters. The number of carboxylic acids is 2. The Morgan fingerprint density at radius 2 is 1.64 bits per heavy atom. The molecule has 0 saturated heterocycles. The molecule has 0 spiro atoms. The summed E-state index contributed by atoms with van der Waals surface area (Å²) in [5, 5.41) is 16.9. The van der Waals surface area contributed by atoms with E-state index in [0.29, 0.717) is 6.42 Å². The van der Waals surface area contributed by atoms with Crippen LogP contribution in [-0.4, -0.2) is 22.2 Å². The molecule has 0 bridgehead atoms. The Bertz CT molecular complexity index is 169. The third kappa shape index (κ3) is 9.72. The van der Waals surface area contributed by atoms with Crippen LogP contribution in [0.25, 0.3) is 0 Å². The van der Waals surface area contributed by atoms with Gasteiger partial charge in [-0.05, 0) is 6.42 Å². The molecule has 0 aromatic carbocycles. The zero-order chi connectivity index (χ0) is 9.56. The van der Waals surface area contributed by atoms with Crippen molar-refractivity contribution in [2.75, 3.05) is 0 Å². The van der Waals surface area contributed by atoms with E-state index in [4.69, 9.17) is 10.2 Å². The Hall–Kier alpha value is 1.17. The van der Waals surface area contributed by atoms with E-state index >= 15 is 0 Å². The Kier molecular flexibility index (Phi) is 18.0. The predicted molar refractivity (Wildman–Crippen MR) is 45.1 cm³/mol. The van der Waals surface area contributed by atoms with Crippen molar-refractivity contribution < 1.29 is 92.9 Å². The van der Waals surface area contributed by atoms with Gasteiger partial charge in [0, 0.05) is 0 Å². The predicted octanol–water partition coefficient (Wildman–Crippen LogP) is -4.41. The van der Waals surface area contributed by atoms with Gasteiger partial charge in [-0.15, -0.1) is 0 Å². The monoisotopic (exact) mass is 222 g/mol. The molecule has 14 heavy (non-hydrogen) atoms. The van der Waals surface area contributed by atoms with Gasteiger partial charge in [-0.25, -0.2) is 0 Å². The third-order valence-corrected chi connectivity index (χ3v) is 1.69. The fourth-order valence-corrected chi connectivity index (χ4v) is 0.951. The molecule has 0 amide bonds. The summed E-state index contributed by atoms with van der Waals surface area (Å²) in [5.74, 6) is -3.70. The number of carbonyl (C=O) groups is 2. The van der Waals surface area contributed by atoms with E-state index in [1.807, 2.05) is 6.92 Å². The molecule has 0 saturated carbocycles. The Morgan fingerprint density at radius 3 is 1.93 bits per heavy atom. The second-order valence-corrected chi connectivity index (χ2v) is 2.72. The average molecular weight is 222 g/mol. The van der Waals surface area contributed by atoms with Crippen LogP contribution < -0.4 is 70.2 Å². The summed E-state index contributed by atoms with van der Waals surface area (Å²) in [6.45, 7) is 1.98. The van der Waals surface area contributed by atoms with Crippen LogP contribution in [0.4, 0.5) is 0 Å². The molecule has 0 aromatic rings. The van der Waals surface area contributed by atoms with Crippen molar-refractivity contribution in [1.82, 2.24) is 0 Å². The summed E-state index contributed by atoms with van der Waals surface area (Å²) in [6, 6.07) is 0. The molecule has 0 unspecified atom stereocenters. The van der Waals surface area contributed by atoms with Crippen molar-refractivity contribution in [2.24, 2.45) is 5.92 Å². The maximum Gasteiger partial charge on any atom is 1.00 e. The van der Waals surface area contributed by atoms with Crippen LogP contribution in [-0.2, 0) is 9.59 Å². The Labute approximate surface area is 141 Å². The van der Waals surface area contributed by atoms with Gasteiger partial charge in [-0.3, -0.25) is 9.59 Å². The van der Waals surface area contributed by atoms with Crippen molar-refractivity contribution in [3.63, 3.8) is 0 Å². The molecular formula is C8H16KLiO4. The minimum Gasteiger partial charge on any atom is -1.00 e. The van der Waals surface area contributed by atoms with Gasteiger partial charge in [0.25, 0.3) is 0 Å². The van der Waals surface area contributed by atoms with Crippen LogP contribution >= 0.6 is 0 Å². The van der Waals surface area contributed by atoms with E-state index in [0.717, 1.165) is 12.8 Å². The van der Waals surface area contributed by atoms with Crippen LogP contribution in [0.1, 0.15) is 35.5 Å². The minimum atomic E-state index is -1.24. The van der Waals surface area contributed by atoms with E-state index in [2.05, 4.69) is 0 Å². The zero-order valence-electron chi connectivity index (χ0n) is 11.1. The summed E-state index contributed by atoms with van der Waals surface area (Å²) in [7, 11) is 0. The van der Waals surface area contributed by atoms with Crippen LogP contribution in [0, 0.1) is 5.92 Å². The summed E-state index contributed by atoms with van der Waals surface area (Å²) in [5.41, 5.74) is 0. The van der Waals surface area contributed by atoms with Gasteiger partial charge in [-0.2, -0.15) is 0 Å². The molecule has 74 valence electrons. The van der Waals surface area contributed by atoms with Crippen molar-refractivity contribution in [1.29, 1.82) is 0 Å². The maximum absolute atomic E-state index is 10.4. The average Bonchev–Trinajstić information content (AvgIpc) is 1.96. The van der Waals surface area contributed by atoms with E-state index < -0.39 is 17.9 Å². The topological polar surface area (TPSA) is 74.6 Å². The fraction of sp³-hybridized carbons (Fsp3) is 0.750. The zero-order valence-corrected chi connectivity index (χ0v) is 12.2. The summed E-state index contributed by atoms with van der Waals surface area (Å²) in [6.07, 6.45) is 2.75. The molecule has 0 aliphatic rings. The Balaban J connectivity index is -0.000000101. The molecule has 0 heterocycles. The second kappa shape index (κ2) is 12.2. The second-order valence-electron chi connectivity index (χ2n) is 2.72. The first-order valence-corrected chi connectivity index (χ1v) is 4.05. The van der Waals surface area contributed by atoms with Gasteiger partial charge in [-0.1, -0.05) is 26.2 Å². The number of hydrogen-bond acceptors (Lipinski definition) is 2. The smallest absolute Gasteiger partial charge is 1.00 e. The SMILES string of the molecule is CCCCCC(C(=O)O)C(=O)O.[H-].[H-].[K+].[Li+]. The van der Waals surface area contributed by atoms with Crippen molar-refractivity contribution in [3.05, 3.63) is 0 Å². The summed E-state index contributed by atoms with van der Waals surface area (Å²) >= 11 is 0. The molecule has 0 fully saturated rings. The molecule has 0 radical (unpaired) electrons. The largest absolute Gasteiger partial charge is 1.00 e. The first-order chi connectivity index (χ1) is 5.59. The molecule has 2 N–H and O–H groups in total. The number of hydrogen-bond donors (Lipinski definition) is 2. The van der Waals surface area contributed by atoms with Crippen LogP contribution in [0.2, 0.25) is 0 Å². The molecular weight excluding hydrogens is 206 g/mol. The third-order valence-electron chi connectivity index (χ3n) is 1.69. The maximum atomic E-state index is 10.4.